The molecule has 0 aromatic heterocycles. The normalized spacial score (nSPS) is 26.6. The molecule has 2 aromatic carbocycles. The van der Waals surface area contributed by atoms with Crippen molar-refractivity contribution in [3.8, 4) is 0 Å². The summed E-state index contributed by atoms with van der Waals surface area (Å²) in [5, 5.41) is 22.5. The molecule has 0 aliphatic carbocycles. The molecule has 34 heavy (non-hydrogen) atoms. The number of benzene rings is 2. The van der Waals surface area contributed by atoms with Crippen LogP contribution in [-0.4, -0.2) is 45.9 Å². The predicted molar refractivity (Wildman–Crippen MR) is 111 cm³/mol. The summed E-state index contributed by atoms with van der Waals surface area (Å²) in [6.45, 7) is 0.258. The van der Waals surface area contributed by atoms with Crippen molar-refractivity contribution in [2.24, 2.45) is 11.8 Å². The van der Waals surface area contributed by atoms with Crippen LogP contribution in [0.2, 0.25) is 0 Å². The molecule has 2 aliphatic rings. The lowest BCUT2D eigenvalue weighted by atomic mass is 9.79. The number of amides is 2. The molecule has 4 rings (SSSR count). The molecule has 4 atom stereocenters. The molecule has 0 spiro atoms. The van der Waals surface area contributed by atoms with Crippen molar-refractivity contribution in [2.75, 3.05) is 11.5 Å². The van der Waals surface area contributed by atoms with Crippen LogP contribution in [0.15, 0.2) is 48.5 Å². The first-order valence-electron chi connectivity index (χ1n) is 10.2. The minimum absolute atomic E-state index is 0.0451. The lowest BCUT2D eigenvalue weighted by molar-refractivity contribution is -0.151. The SMILES string of the molecule is CC(=O)c1ccc(N2C(=O)C3C(c4cccc(C(F)(F)F)c4)NC(CO)(C(=O)O)C3C2=O)cc1. The van der Waals surface area contributed by atoms with E-state index in [0.717, 1.165) is 23.1 Å². The average Bonchev–Trinajstić information content (AvgIpc) is 3.28. The molecular weight excluding hydrogens is 457 g/mol. The quantitative estimate of drug-likeness (QED) is 0.446. The maximum absolute atomic E-state index is 13.4. The number of aliphatic hydroxyl groups is 1. The maximum Gasteiger partial charge on any atom is 0.416 e. The third kappa shape index (κ3) is 3.48. The van der Waals surface area contributed by atoms with E-state index < -0.39 is 59.5 Å². The summed E-state index contributed by atoms with van der Waals surface area (Å²) in [5.74, 6) is -6.56. The Bertz CT molecular complexity index is 1200. The van der Waals surface area contributed by atoms with E-state index in [1.807, 2.05) is 0 Å². The van der Waals surface area contributed by atoms with Crippen LogP contribution in [0.4, 0.5) is 18.9 Å². The van der Waals surface area contributed by atoms with Crippen molar-refractivity contribution in [3.05, 3.63) is 65.2 Å². The number of carboxylic acid groups (broad SMARTS) is 1. The summed E-state index contributed by atoms with van der Waals surface area (Å²) in [6, 6.07) is 8.23. The molecule has 0 saturated carbocycles. The summed E-state index contributed by atoms with van der Waals surface area (Å²) in [6.07, 6.45) is -4.69. The number of carbonyl (C=O) groups excluding carboxylic acids is 3. The largest absolute Gasteiger partial charge is 0.480 e. The molecule has 8 nitrogen and oxygen atoms in total. The fraction of sp³-hybridized carbons (Fsp3) is 0.304. The highest BCUT2D eigenvalue weighted by Crippen LogP contribution is 2.50. The number of hydrogen-bond acceptors (Lipinski definition) is 6. The number of Topliss-reactive ketones (excluding diaryl/α,β-unsaturated/α-hetero) is 1. The van der Waals surface area contributed by atoms with Crippen molar-refractivity contribution < 1.29 is 42.6 Å². The fourth-order valence-corrected chi connectivity index (χ4v) is 4.71. The molecule has 3 N–H and O–H groups in total. The smallest absolute Gasteiger partial charge is 0.416 e. The van der Waals surface area contributed by atoms with Gasteiger partial charge < -0.3 is 10.2 Å². The number of carbonyl (C=O) groups is 4. The molecule has 178 valence electrons. The first-order valence-corrected chi connectivity index (χ1v) is 10.2. The molecule has 2 heterocycles. The Balaban J connectivity index is 1.82. The molecular formula is C23H19F3N2O6. The Morgan fingerprint density at radius 1 is 1.09 bits per heavy atom. The van der Waals surface area contributed by atoms with Crippen LogP contribution >= 0.6 is 0 Å². The van der Waals surface area contributed by atoms with Crippen molar-refractivity contribution >= 4 is 29.3 Å². The van der Waals surface area contributed by atoms with Gasteiger partial charge in [0.1, 0.15) is 0 Å². The van der Waals surface area contributed by atoms with Gasteiger partial charge in [-0.05, 0) is 48.9 Å². The van der Waals surface area contributed by atoms with Crippen LogP contribution < -0.4 is 10.2 Å². The van der Waals surface area contributed by atoms with Gasteiger partial charge in [0.2, 0.25) is 11.8 Å². The number of hydrogen-bond donors (Lipinski definition) is 3. The summed E-state index contributed by atoms with van der Waals surface area (Å²) in [5.41, 5.74) is -2.94. The standard InChI is InChI=1S/C23H19F3N2O6/c1-11(30)12-5-7-15(8-6-12)28-19(31)16-17(20(28)32)22(10-29,21(33)34)27-18(16)13-3-2-4-14(9-13)23(24,25)26/h2-9,16-18,27,29H,10H2,1H3,(H,33,34). The molecule has 2 amide bonds. The number of nitrogens with zero attached hydrogens (tertiary/aromatic N) is 1. The second-order valence-electron chi connectivity index (χ2n) is 8.30. The van der Waals surface area contributed by atoms with Crippen LogP contribution in [0.25, 0.3) is 0 Å². The van der Waals surface area contributed by atoms with Crippen molar-refractivity contribution in [1.29, 1.82) is 0 Å². The topological polar surface area (TPSA) is 124 Å². The summed E-state index contributed by atoms with van der Waals surface area (Å²) in [4.78, 5) is 51.2. The molecule has 4 unspecified atom stereocenters. The van der Waals surface area contributed by atoms with Gasteiger partial charge in [-0.1, -0.05) is 12.1 Å². The van der Waals surface area contributed by atoms with Gasteiger partial charge in [-0.15, -0.1) is 0 Å². The van der Waals surface area contributed by atoms with E-state index >= 15 is 0 Å². The lowest BCUT2D eigenvalue weighted by Crippen LogP contribution is -2.58. The number of rotatable bonds is 5. The van der Waals surface area contributed by atoms with Gasteiger partial charge in [0.25, 0.3) is 0 Å². The van der Waals surface area contributed by atoms with Gasteiger partial charge in [0.05, 0.1) is 29.7 Å². The van der Waals surface area contributed by atoms with Gasteiger partial charge in [-0.25, -0.2) is 4.90 Å². The average molecular weight is 476 g/mol. The number of halogens is 3. The number of nitrogens with one attached hydrogen (secondary N) is 1. The van der Waals surface area contributed by atoms with Crippen molar-refractivity contribution in [2.45, 2.75) is 24.7 Å². The summed E-state index contributed by atoms with van der Waals surface area (Å²) >= 11 is 0. The van der Waals surface area contributed by atoms with Gasteiger partial charge in [0.15, 0.2) is 11.3 Å². The predicted octanol–water partition coefficient (Wildman–Crippen LogP) is 2.17. The molecule has 2 saturated heterocycles. The van der Waals surface area contributed by atoms with Crippen LogP contribution in [0, 0.1) is 11.8 Å². The second kappa shape index (κ2) is 8.03. The first-order chi connectivity index (χ1) is 15.9. The summed E-state index contributed by atoms with van der Waals surface area (Å²) in [7, 11) is 0. The van der Waals surface area contributed by atoms with Gasteiger partial charge in [0, 0.05) is 11.6 Å². The third-order valence-electron chi connectivity index (χ3n) is 6.39. The lowest BCUT2D eigenvalue weighted by Gasteiger charge is -2.29. The minimum Gasteiger partial charge on any atom is -0.480 e. The number of aliphatic hydroxyl groups excluding tert-OH is 1. The molecule has 2 aliphatic heterocycles. The Morgan fingerprint density at radius 3 is 2.26 bits per heavy atom. The van der Waals surface area contributed by atoms with Crippen molar-refractivity contribution in [3.63, 3.8) is 0 Å². The third-order valence-corrected chi connectivity index (χ3v) is 6.39. The van der Waals surface area contributed by atoms with Crippen LogP contribution in [0.3, 0.4) is 0 Å². The molecule has 2 fully saturated rings. The molecule has 0 radical (unpaired) electrons. The Kier molecular flexibility index (Phi) is 5.57. The van der Waals surface area contributed by atoms with Gasteiger partial charge >= 0.3 is 12.1 Å². The number of ketones is 1. The van der Waals surface area contributed by atoms with Crippen LogP contribution in [0.1, 0.15) is 34.5 Å². The maximum atomic E-state index is 13.4. The minimum atomic E-state index is -4.69. The van der Waals surface area contributed by atoms with E-state index in [1.54, 1.807) is 0 Å². The molecule has 0 bridgehead atoms. The van der Waals surface area contributed by atoms with Crippen molar-refractivity contribution in [1.82, 2.24) is 5.32 Å². The van der Waals surface area contributed by atoms with E-state index in [9.17, 15) is 42.6 Å². The summed E-state index contributed by atoms with van der Waals surface area (Å²) < 4.78 is 39.8. The number of aliphatic carboxylic acids is 1. The van der Waals surface area contributed by atoms with Crippen LogP contribution in [-0.2, 0) is 20.6 Å². The van der Waals surface area contributed by atoms with Crippen LogP contribution in [0.5, 0.6) is 0 Å². The fourth-order valence-electron chi connectivity index (χ4n) is 4.71. The van der Waals surface area contributed by atoms with E-state index in [4.69, 9.17) is 0 Å². The number of carboxylic acids is 1. The van der Waals surface area contributed by atoms with E-state index in [-0.39, 0.29) is 17.0 Å². The van der Waals surface area contributed by atoms with E-state index in [0.29, 0.717) is 5.56 Å². The zero-order valence-electron chi connectivity index (χ0n) is 17.7. The molecule has 11 heteroatoms. The highest BCUT2D eigenvalue weighted by molar-refractivity contribution is 6.24. The molecule has 2 aromatic rings. The van der Waals surface area contributed by atoms with E-state index in [1.165, 1.54) is 37.3 Å². The van der Waals surface area contributed by atoms with Gasteiger partial charge in [-0.2, -0.15) is 13.2 Å². The Morgan fingerprint density at radius 2 is 1.74 bits per heavy atom. The highest BCUT2D eigenvalue weighted by Gasteiger charge is 2.68. The zero-order chi connectivity index (χ0) is 25.0. The Hall–Kier alpha value is -3.57. The highest BCUT2D eigenvalue weighted by atomic mass is 19.4. The number of imide groups is 1. The van der Waals surface area contributed by atoms with Gasteiger partial charge in [-0.3, -0.25) is 24.5 Å². The second-order valence-corrected chi connectivity index (χ2v) is 8.30. The number of anilines is 1. The monoisotopic (exact) mass is 476 g/mol. The number of alkyl halides is 3. The van der Waals surface area contributed by atoms with E-state index in [2.05, 4.69) is 5.32 Å². The first kappa shape index (κ1) is 23.6. The zero-order valence-corrected chi connectivity index (χ0v) is 17.7. The Labute approximate surface area is 191 Å². The number of fused-ring (bicyclic) bond motifs is 1.